The number of ether oxygens (including phenoxy) is 2. The Morgan fingerprint density at radius 2 is 1.64 bits per heavy atom. The fourth-order valence-electron chi connectivity index (χ4n) is 4.39. The van der Waals surface area contributed by atoms with Gasteiger partial charge in [0.1, 0.15) is 11.4 Å². The number of nitrogens with zero attached hydrogens (tertiary/aromatic N) is 3. The van der Waals surface area contributed by atoms with Crippen LogP contribution in [0.1, 0.15) is 18.9 Å². The first-order valence-electron chi connectivity index (χ1n) is 11.5. The first-order valence-corrected chi connectivity index (χ1v) is 11.5. The maximum Gasteiger partial charge on any atom is 0.278 e. The largest absolute Gasteiger partial charge is 0.497 e. The van der Waals surface area contributed by atoms with Gasteiger partial charge in [-0.1, -0.05) is 30.3 Å². The van der Waals surface area contributed by atoms with Crippen LogP contribution in [-0.4, -0.2) is 74.7 Å². The summed E-state index contributed by atoms with van der Waals surface area (Å²) in [5.41, 5.74) is 2.48. The Morgan fingerprint density at radius 1 is 0.939 bits per heavy atom. The Kier molecular flexibility index (Phi) is 7.42. The molecule has 2 aliphatic rings. The number of anilines is 1. The third-order valence-electron chi connectivity index (χ3n) is 6.14. The third kappa shape index (κ3) is 4.94. The molecule has 2 amide bonds. The van der Waals surface area contributed by atoms with E-state index in [1.165, 1.54) is 4.90 Å². The van der Waals surface area contributed by atoms with Gasteiger partial charge in [-0.3, -0.25) is 19.4 Å². The quantitative estimate of drug-likeness (QED) is 0.549. The van der Waals surface area contributed by atoms with E-state index in [0.29, 0.717) is 35.7 Å². The Balaban J connectivity index is 1.63. The Morgan fingerprint density at radius 3 is 2.27 bits per heavy atom. The molecule has 0 aliphatic carbocycles. The highest BCUT2D eigenvalue weighted by Crippen LogP contribution is 2.34. The van der Waals surface area contributed by atoms with Gasteiger partial charge in [0.25, 0.3) is 11.8 Å². The van der Waals surface area contributed by atoms with Crippen molar-refractivity contribution in [2.45, 2.75) is 13.3 Å². The zero-order valence-electron chi connectivity index (χ0n) is 19.3. The minimum absolute atomic E-state index is 0.238. The number of amides is 2. The van der Waals surface area contributed by atoms with Gasteiger partial charge in [0.05, 0.1) is 25.9 Å². The van der Waals surface area contributed by atoms with Gasteiger partial charge in [-0.15, -0.1) is 0 Å². The number of methoxy groups -OCH3 is 1. The van der Waals surface area contributed by atoms with Crippen molar-refractivity contribution in [3.63, 3.8) is 0 Å². The monoisotopic (exact) mass is 449 g/mol. The van der Waals surface area contributed by atoms with Crippen LogP contribution in [0.5, 0.6) is 5.75 Å². The van der Waals surface area contributed by atoms with E-state index >= 15 is 0 Å². The molecule has 0 bridgehead atoms. The lowest BCUT2D eigenvalue weighted by molar-refractivity contribution is -0.137. The summed E-state index contributed by atoms with van der Waals surface area (Å²) in [5, 5.41) is 0. The maximum atomic E-state index is 13.6. The zero-order chi connectivity index (χ0) is 23.2. The fraction of sp³-hybridized carbons (Fsp3) is 0.385. The van der Waals surface area contributed by atoms with Crippen molar-refractivity contribution in [2.75, 3.05) is 57.9 Å². The first kappa shape index (κ1) is 23.0. The summed E-state index contributed by atoms with van der Waals surface area (Å²) in [4.78, 5) is 32.8. The van der Waals surface area contributed by atoms with Crippen molar-refractivity contribution in [3.8, 4) is 5.75 Å². The minimum Gasteiger partial charge on any atom is -0.497 e. The number of rotatable bonds is 9. The molecule has 2 aromatic carbocycles. The molecule has 33 heavy (non-hydrogen) atoms. The van der Waals surface area contributed by atoms with Gasteiger partial charge < -0.3 is 14.4 Å². The molecule has 1 saturated heterocycles. The van der Waals surface area contributed by atoms with E-state index in [0.717, 1.165) is 45.0 Å². The normalized spacial score (nSPS) is 17.1. The molecule has 0 radical (unpaired) electrons. The minimum atomic E-state index is -0.239. The molecule has 7 heteroatoms. The highest BCUT2D eigenvalue weighted by Gasteiger charge is 2.41. The summed E-state index contributed by atoms with van der Waals surface area (Å²) in [5.74, 6) is 0.227. The molecule has 2 aliphatic heterocycles. The third-order valence-corrected chi connectivity index (χ3v) is 6.14. The second-order valence-electron chi connectivity index (χ2n) is 8.10. The van der Waals surface area contributed by atoms with Crippen LogP contribution in [-0.2, 0) is 14.3 Å². The van der Waals surface area contributed by atoms with Crippen molar-refractivity contribution >= 4 is 23.1 Å². The molecule has 0 atom stereocenters. The van der Waals surface area contributed by atoms with Crippen LogP contribution >= 0.6 is 0 Å². The van der Waals surface area contributed by atoms with Gasteiger partial charge in [-0.25, -0.2) is 0 Å². The van der Waals surface area contributed by atoms with Gasteiger partial charge in [-0.05, 0) is 43.2 Å². The van der Waals surface area contributed by atoms with Crippen molar-refractivity contribution in [1.29, 1.82) is 0 Å². The number of hydrogen-bond donors (Lipinski definition) is 0. The van der Waals surface area contributed by atoms with Crippen molar-refractivity contribution < 1.29 is 19.1 Å². The van der Waals surface area contributed by atoms with E-state index < -0.39 is 0 Å². The number of likely N-dealkylation sites (N-methyl/N-ethyl adjacent to an activating group) is 1. The Labute approximate surface area is 195 Å². The van der Waals surface area contributed by atoms with Gasteiger partial charge in [0.2, 0.25) is 0 Å². The van der Waals surface area contributed by atoms with Crippen LogP contribution in [0.3, 0.4) is 0 Å². The van der Waals surface area contributed by atoms with E-state index in [-0.39, 0.29) is 11.8 Å². The lowest BCUT2D eigenvalue weighted by atomic mass is 10.0. The van der Waals surface area contributed by atoms with E-state index in [1.54, 1.807) is 7.11 Å². The molecule has 1 fully saturated rings. The molecule has 0 aromatic heterocycles. The van der Waals surface area contributed by atoms with Crippen LogP contribution in [0.4, 0.5) is 5.69 Å². The van der Waals surface area contributed by atoms with Crippen molar-refractivity contribution in [3.05, 3.63) is 65.9 Å². The smallest absolute Gasteiger partial charge is 0.278 e. The van der Waals surface area contributed by atoms with Crippen LogP contribution in [0.2, 0.25) is 0 Å². The summed E-state index contributed by atoms with van der Waals surface area (Å²) < 4.78 is 10.7. The van der Waals surface area contributed by atoms with Gasteiger partial charge in [0.15, 0.2) is 0 Å². The lowest BCUT2D eigenvalue weighted by Crippen LogP contribution is -2.40. The number of benzene rings is 2. The number of para-hydroxylation sites is 1. The van der Waals surface area contributed by atoms with E-state index in [1.807, 2.05) is 66.4 Å². The second kappa shape index (κ2) is 10.6. The lowest BCUT2D eigenvalue weighted by Gasteiger charge is -2.27. The average Bonchev–Trinajstić information content (AvgIpc) is 3.11. The van der Waals surface area contributed by atoms with Gasteiger partial charge in [-0.2, -0.15) is 0 Å². The second-order valence-corrected chi connectivity index (χ2v) is 8.10. The molecular weight excluding hydrogens is 418 g/mol. The molecule has 0 N–H and O–H groups in total. The van der Waals surface area contributed by atoms with Crippen LogP contribution in [0.15, 0.2) is 60.3 Å². The molecule has 0 spiro atoms. The van der Waals surface area contributed by atoms with E-state index in [2.05, 4.69) is 4.90 Å². The molecule has 7 nitrogen and oxygen atoms in total. The molecule has 174 valence electrons. The standard InChI is InChI=1S/C26H31N3O4/c1-3-28(21-8-5-4-6-9-21)24-23(20-10-12-22(32-2)13-11-20)25(30)29(26(24)31)15-7-14-27-16-18-33-19-17-27/h4-6,8-13H,3,7,14-19H2,1-2H3. The highest BCUT2D eigenvalue weighted by molar-refractivity contribution is 6.36. The number of carbonyl (C=O) groups is 2. The molecule has 0 saturated carbocycles. The topological polar surface area (TPSA) is 62.3 Å². The summed E-state index contributed by atoms with van der Waals surface area (Å²) in [6.07, 6.45) is 0.734. The predicted molar refractivity (Wildman–Crippen MR) is 128 cm³/mol. The summed E-state index contributed by atoms with van der Waals surface area (Å²) in [7, 11) is 1.61. The number of carbonyl (C=O) groups excluding carboxylic acids is 2. The van der Waals surface area contributed by atoms with Gasteiger partial charge >= 0.3 is 0 Å². The van der Waals surface area contributed by atoms with Gasteiger partial charge in [0, 0.05) is 38.4 Å². The Hall–Kier alpha value is -3.16. The van der Waals surface area contributed by atoms with Crippen molar-refractivity contribution in [1.82, 2.24) is 9.80 Å². The van der Waals surface area contributed by atoms with E-state index in [9.17, 15) is 9.59 Å². The van der Waals surface area contributed by atoms with Crippen molar-refractivity contribution in [2.24, 2.45) is 0 Å². The van der Waals surface area contributed by atoms with Crippen LogP contribution in [0.25, 0.3) is 5.57 Å². The zero-order valence-corrected chi connectivity index (χ0v) is 19.3. The summed E-state index contributed by atoms with van der Waals surface area (Å²) >= 11 is 0. The van der Waals surface area contributed by atoms with Crippen LogP contribution in [0, 0.1) is 0 Å². The Bertz CT molecular complexity index is 998. The first-order chi connectivity index (χ1) is 16.1. The maximum absolute atomic E-state index is 13.6. The fourth-order valence-corrected chi connectivity index (χ4v) is 4.39. The molecular formula is C26H31N3O4. The molecule has 4 rings (SSSR count). The predicted octanol–water partition coefficient (Wildman–Crippen LogP) is 3.02. The molecule has 2 heterocycles. The van der Waals surface area contributed by atoms with Crippen LogP contribution < -0.4 is 9.64 Å². The molecule has 2 aromatic rings. The summed E-state index contributed by atoms with van der Waals surface area (Å²) in [6.45, 7) is 7.04. The number of morpholine rings is 1. The highest BCUT2D eigenvalue weighted by atomic mass is 16.5. The SMILES string of the molecule is CCN(C1=C(c2ccc(OC)cc2)C(=O)N(CCCN2CCOCC2)C1=O)c1ccccc1. The van der Waals surface area contributed by atoms with E-state index in [4.69, 9.17) is 9.47 Å². The average molecular weight is 450 g/mol. The summed E-state index contributed by atoms with van der Waals surface area (Å²) in [6, 6.07) is 17.1. The number of hydrogen-bond acceptors (Lipinski definition) is 6. The number of imide groups is 1. The molecule has 0 unspecified atom stereocenters.